The van der Waals surface area contributed by atoms with Crippen LogP contribution >= 0.6 is 39.5 Å². The fourth-order valence-corrected chi connectivity index (χ4v) is 6.38. The van der Waals surface area contributed by atoms with Crippen molar-refractivity contribution in [2.75, 3.05) is 18.5 Å². The second kappa shape index (κ2) is 7.26. The molecule has 0 spiro atoms. The number of carbonyl (C=O) groups is 1. The molecule has 3 heterocycles. The first-order chi connectivity index (χ1) is 12.5. The molecular weight excluding hydrogens is 440 g/mol. The number of aliphatic hydroxyl groups is 1. The summed E-state index contributed by atoms with van der Waals surface area (Å²) in [6, 6.07) is 5.39. The predicted molar refractivity (Wildman–Crippen MR) is 109 cm³/mol. The molecule has 0 fully saturated rings. The standard InChI is InChI=1S/C16H15BrN4O3S2/c1-7-19-9-6-8(2-3-10(9)24-7)20-14(23)12-11(17)13-15(25-12)21-16(26-13)18-4-5-22/h2-3,6,13,15,22H,4-5H2,1H3,(H,18,21)(H,20,23). The molecule has 10 heteroatoms. The van der Waals surface area contributed by atoms with E-state index in [-0.39, 0.29) is 23.1 Å². The maximum Gasteiger partial charge on any atom is 0.263 e. The van der Waals surface area contributed by atoms with Crippen molar-refractivity contribution in [1.29, 1.82) is 0 Å². The second-order valence-electron chi connectivity index (χ2n) is 5.68. The van der Waals surface area contributed by atoms with E-state index in [1.54, 1.807) is 36.9 Å². The molecule has 1 aromatic heterocycles. The monoisotopic (exact) mass is 454 g/mol. The Hall–Kier alpha value is -1.49. The van der Waals surface area contributed by atoms with Crippen LogP contribution in [0.4, 0.5) is 5.69 Å². The zero-order chi connectivity index (χ0) is 18.3. The third-order valence-corrected chi connectivity index (χ3v) is 7.90. The Balaban J connectivity index is 1.46. The number of anilines is 1. The number of aromatic nitrogens is 1. The first-order valence-electron chi connectivity index (χ1n) is 7.89. The number of benzene rings is 1. The topological polar surface area (TPSA) is 99.8 Å². The van der Waals surface area contributed by atoms with Gasteiger partial charge < -0.3 is 20.2 Å². The lowest BCUT2D eigenvalue weighted by Gasteiger charge is -2.08. The van der Waals surface area contributed by atoms with Gasteiger partial charge in [-0.25, -0.2) is 9.98 Å². The molecule has 2 unspecified atom stereocenters. The fourth-order valence-electron chi connectivity index (χ4n) is 2.68. The van der Waals surface area contributed by atoms with Gasteiger partial charge in [0.15, 0.2) is 16.6 Å². The van der Waals surface area contributed by atoms with Crippen LogP contribution in [0, 0.1) is 6.92 Å². The van der Waals surface area contributed by atoms with Gasteiger partial charge in [-0.2, -0.15) is 0 Å². The summed E-state index contributed by atoms with van der Waals surface area (Å²) in [5.74, 6) is 0.421. The number of nitrogens with one attached hydrogen (secondary N) is 2. The van der Waals surface area contributed by atoms with E-state index >= 15 is 0 Å². The number of thioether (sulfide) groups is 2. The Bertz CT molecular complexity index is 943. The fraction of sp³-hybridized carbons (Fsp3) is 0.312. The van der Waals surface area contributed by atoms with Gasteiger partial charge >= 0.3 is 0 Å². The molecule has 26 heavy (non-hydrogen) atoms. The average Bonchev–Trinajstić information content (AvgIpc) is 3.26. The van der Waals surface area contributed by atoms with Crippen LogP contribution in [0.15, 0.2) is 37.0 Å². The number of aryl methyl sites for hydroxylation is 1. The predicted octanol–water partition coefficient (Wildman–Crippen LogP) is 2.81. The lowest BCUT2D eigenvalue weighted by Crippen LogP contribution is -2.23. The Morgan fingerprint density at radius 3 is 3.04 bits per heavy atom. The number of oxazole rings is 1. The zero-order valence-electron chi connectivity index (χ0n) is 13.7. The van der Waals surface area contributed by atoms with Crippen molar-refractivity contribution in [2.24, 2.45) is 4.99 Å². The molecule has 136 valence electrons. The molecule has 0 saturated heterocycles. The lowest BCUT2D eigenvalue weighted by atomic mass is 10.3. The van der Waals surface area contributed by atoms with Crippen LogP contribution in [-0.4, -0.2) is 44.9 Å². The van der Waals surface area contributed by atoms with Crippen LogP contribution in [0.25, 0.3) is 11.1 Å². The summed E-state index contributed by atoms with van der Waals surface area (Å²) in [5.41, 5.74) is 2.08. The van der Waals surface area contributed by atoms with E-state index < -0.39 is 0 Å². The summed E-state index contributed by atoms with van der Waals surface area (Å²) in [6.07, 6.45) is 0. The van der Waals surface area contributed by atoms with E-state index in [2.05, 4.69) is 36.5 Å². The summed E-state index contributed by atoms with van der Waals surface area (Å²) in [5, 5.41) is 15.7. The Kier molecular flexibility index (Phi) is 5.00. The molecule has 1 aromatic carbocycles. The van der Waals surface area contributed by atoms with E-state index in [1.807, 2.05) is 0 Å². The molecule has 2 atom stereocenters. The number of amidine groups is 1. The van der Waals surface area contributed by atoms with E-state index in [1.165, 1.54) is 11.8 Å². The van der Waals surface area contributed by atoms with Gasteiger partial charge in [-0.1, -0.05) is 39.5 Å². The number of fused-ring (bicyclic) bond motifs is 2. The van der Waals surface area contributed by atoms with Crippen LogP contribution in [0.1, 0.15) is 5.89 Å². The molecular formula is C16H15BrN4O3S2. The van der Waals surface area contributed by atoms with Crippen molar-refractivity contribution < 1.29 is 14.3 Å². The van der Waals surface area contributed by atoms with E-state index in [0.29, 0.717) is 34.1 Å². The summed E-state index contributed by atoms with van der Waals surface area (Å²) in [6.45, 7) is 2.31. The number of halogens is 1. The number of rotatable bonds is 4. The second-order valence-corrected chi connectivity index (χ2v) is 8.79. The number of aliphatic hydroxyl groups excluding tert-OH is 1. The number of aliphatic imine (C=N–C) groups is 1. The van der Waals surface area contributed by atoms with Gasteiger partial charge in [0.05, 0.1) is 16.8 Å². The van der Waals surface area contributed by atoms with Gasteiger partial charge in [-0.3, -0.25) is 4.79 Å². The van der Waals surface area contributed by atoms with Crippen molar-refractivity contribution in [1.82, 2.24) is 10.3 Å². The van der Waals surface area contributed by atoms with E-state index in [4.69, 9.17) is 9.52 Å². The molecule has 2 aromatic rings. The van der Waals surface area contributed by atoms with Crippen LogP contribution in [-0.2, 0) is 4.79 Å². The van der Waals surface area contributed by atoms with Crippen LogP contribution < -0.4 is 10.6 Å². The highest BCUT2D eigenvalue weighted by atomic mass is 79.9. The molecule has 3 N–H and O–H groups in total. The number of hydrogen-bond acceptors (Lipinski definition) is 8. The zero-order valence-corrected chi connectivity index (χ0v) is 16.9. The molecule has 0 radical (unpaired) electrons. The van der Waals surface area contributed by atoms with Gasteiger partial charge in [0.2, 0.25) is 0 Å². The van der Waals surface area contributed by atoms with Gasteiger partial charge in [0.25, 0.3) is 5.91 Å². The molecule has 4 rings (SSSR count). The third kappa shape index (κ3) is 3.38. The van der Waals surface area contributed by atoms with Gasteiger partial charge in [0.1, 0.15) is 10.9 Å². The molecule has 0 saturated carbocycles. The SMILES string of the molecule is Cc1nc2cc(NC(=O)C3=C(Br)C4SC(NCCO)=NC4S3)ccc2o1. The largest absolute Gasteiger partial charge is 0.441 e. The molecule has 2 aliphatic rings. The van der Waals surface area contributed by atoms with Gasteiger partial charge in [-0.05, 0) is 18.2 Å². The molecule has 0 aliphatic carbocycles. The number of hydrogen-bond donors (Lipinski definition) is 3. The van der Waals surface area contributed by atoms with Crippen molar-refractivity contribution >= 4 is 67.3 Å². The summed E-state index contributed by atoms with van der Waals surface area (Å²) in [7, 11) is 0. The molecule has 0 bridgehead atoms. The van der Waals surface area contributed by atoms with Crippen molar-refractivity contribution in [2.45, 2.75) is 17.5 Å². The Labute approximate surface area is 166 Å². The quantitative estimate of drug-likeness (QED) is 0.652. The highest BCUT2D eigenvalue weighted by Crippen LogP contribution is 2.50. The van der Waals surface area contributed by atoms with Crippen molar-refractivity contribution in [3.63, 3.8) is 0 Å². The smallest absolute Gasteiger partial charge is 0.263 e. The average molecular weight is 455 g/mol. The number of carbonyl (C=O) groups excluding carboxylic acids is 1. The molecule has 2 aliphatic heterocycles. The van der Waals surface area contributed by atoms with Crippen molar-refractivity contribution in [3.05, 3.63) is 33.5 Å². The van der Waals surface area contributed by atoms with E-state index in [9.17, 15) is 4.79 Å². The Morgan fingerprint density at radius 2 is 2.27 bits per heavy atom. The summed E-state index contributed by atoms with van der Waals surface area (Å²) >= 11 is 6.56. The van der Waals surface area contributed by atoms with Crippen LogP contribution in [0.2, 0.25) is 0 Å². The van der Waals surface area contributed by atoms with Crippen LogP contribution in [0.5, 0.6) is 0 Å². The van der Waals surface area contributed by atoms with Crippen LogP contribution in [0.3, 0.4) is 0 Å². The maximum absolute atomic E-state index is 12.7. The summed E-state index contributed by atoms with van der Waals surface area (Å²) in [4.78, 5) is 22.2. The minimum Gasteiger partial charge on any atom is -0.441 e. The Morgan fingerprint density at radius 1 is 1.42 bits per heavy atom. The highest BCUT2D eigenvalue weighted by Gasteiger charge is 2.42. The highest BCUT2D eigenvalue weighted by molar-refractivity contribution is 9.12. The molecule has 7 nitrogen and oxygen atoms in total. The first kappa shape index (κ1) is 17.9. The first-order valence-corrected chi connectivity index (χ1v) is 10.4. The normalized spacial score (nSPS) is 21.9. The summed E-state index contributed by atoms with van der Waals surface area (Å²) < 4.78 is 6.29. The van der Waals surface area contributed by atoms with Gasteiger partial charge in [-0.15, -0.1) is 0 Å². The van der Waals surface area contributed by atoms with Gasteiger partial charge in [0, 0.05) is 23.6 Å². The number of amides is 1. The minimum absolute atomic E-state index is 0.0445. The third-order valence-electron chi connectivity index (χ3n) is 3.79. The minimum atomic E-state index is -0.170. The van der Waals surface area contributed by atoms with Crippen molar-refractivity contribution in [3.8, 4) is 0 Å². The molecule has 1 amide bonds. The maximum atomic E-state index is 12.7. The number of nitrogens with zero attached hydrogens (tertiary/aromatic N) is 2. The lowest BCUT2D eigenvalue weighted by molar-refractivity contribution is -0.112. The van der Waals surface area contributed by atoms with E-state index in [0.717, 1.165) is 9.65 Å².